The fourth-order valence-electron chi connectivity index (χ4n) is 1.91. The van der Waals surface area contributed by atoms with Crippen molar-refractivity contribution in [3.05, 3.63) is 59.7 Å². The minimum absolute atomic E-state index is 0.154. The number of aromatic nitrogens is 1. The number of amides is 1. The normalized spacial score (nSPS) is 10.3. The van der Waals surface area contributed by atoms with Gasteiger partial charge in [-0.25, -0.2) is 9.37 Å². The first-order chi connectivity index (χ1) is 10.7. The lowest BCUT2D eigenvalue weighted by molar-refractivity contribution is 0.0948. The maximum atomic E-state index is 12.8. The zero-order valence-corrected chi connectivity index (χ0v) is 12.6. The maximum Gasteiger partial charge on any atom is 0.269 e. The van der Waals surface area contributed by atoms with Crippen LogP contribution < -0.4 is 10.6 Å². The van der Waals surface area contributed by atoms with E-state index in [4.69, 9.17) is 0 Å². The van der Waals surface area contributed by atoms with Gasteiger partial charge in [0.25, 0.3) is 5.91 Å². The first-order valence-electron chi connectivity index (χ1n) is 7.41. The van der Waals surface area contributed by atoms with E-state index in [1.54, 1.807) is 24.4 Å². The molecule has 0 saturated carbocycles. The molecule has 4 nitrogen and oxygen atoms in total. The number of hydrogen-bond donors (Lipinski definition) is 2. The largest absolute Gasteiger partial charge is 0.380 e. The number of nitrogens with one attached hydrogen (secondary N) is 2. The minimum atomic E-state index is -0.246. The van der Waals surface area contributed by atoms with Crippen LogP contribution >= 0.6 is 0 Å². The monoisotopic (exact) mass is 301 g/mol. The van der Waals surface area contributed by atoms with Crippen molar-refractivity contribution in [2.45, 2.75) is 26.3 Å². The highest BCUT2D eigenvalue weighted by atomic mass is 19.1. The number of carbonyl (C=O) groups excluding carboxylic acids is 1. The zero-order chi connectivity index (χ0) is 15.8. The van der Waals surface area contributed by atoms with E-state index >= 15 is 0 Å². The molecule has 0 atom stereocenters. The van der Waals surface area contributed by atoms with E-state index in [2.05, 4.69) is 22.5 Å². The Morgan fingerprint density at radius 3 is 2.59 bits per heavy atom. The molecule has 2 aromatic rings. The second-order valence-corrected chi connectivity index (χ2v) is 5.02. The summed E-state index contributed by atoms with van der Waals surface area (Å²) in [4.78, 5) is 16.0. The number of nitrogens with zero attached hydrogens (tertiary/aromatic N) is 1. The van der Waals surface area contributed by atoms with Gasteiger partial charge in [-0.05, 0) is 36.2 Å². The van der Waals surface area contributed by atoms with Crippen molar-refractivity contribution in [2.24, 2.45) is 0 Å². The van der Waals surface area contributed by atoms with E-state index in [1.807, 2.05) is 6.07 Å². The summed E-state index contributed by atoms with van der Waals surface area (Å²) in [5.74, 6) is -0.401. The SMILES string of the molecule is CCCCNC(=O)c1ccc(NCc2ccc(F)cc2)cn1. The lowest BCUT2D eigenvalue weighted by Gasteiger charge is -2.07. The summed E-state index contributed by atoms with van der Waals surface area (Å²) in [6, 6.07) is 9.81. The summed E-state index contributed by atoms with van der Waals surface area (Å²) in [5.41, 5.74) is 2.20. The number of rotatable bonds is 7. The first kappa shape index (κ1) is 15.9. The third-order valence-electron chi connectivity index (χ3n) is 3.22. The van der Waals surface area contributed by atoms with Crippen molar-refractivity contribution < 1.29 is 9.18 Å². The molecule has 1 aromatic carbocycles. The Kier molecular flexibility index (Phi) is 5.89. The predicted molar refractivity (Wildman–Crippen MR) is 85.2 cm³/mol. The van der Waals surface area contributed by atoms with Gasteiger partial charge in [-0.1, -0.05) is 25.5 Å². The third kappa shape index (κ3) is 4.84. The molecular weight excluding hydrogens is 281 g/mol. The zero-order valence-electron chi connectivity index (χ0n) is 12.6. The molecule has 116 valence electrons. The minimum Gasteiger partial charge on any atom is -0.380 e. The maximum absolute atomic E-state index is 12.8. The Balaban J connectivity index is 1.86. The molecule has 2 rings (SSSR count). The summed E-state index contributed by atoms with van der Waals surface area (Å²) in [6.07, 6.45) is 3.63. The van der Waals surface area contributed by atoms with Gasteiger partial charge in [-0.2, -0.15) is 0 Å². The van der Waals surface area contributed by atoms with Crippen LogP contribution in [0.15, 0.2) is 42.6 Å². The number of benzene rings is 1. The molecular formula is C17H20FN3O. The lowest BCUT2D eigenvalue weighted by atomic mass is 10.2. The van der Waals surface area contributed by atoms with Gasteiger partial charge in [0.15, 0.2) is 0 Å². The molecule has 22 heavy (non-hydrogen) atoms. The molecule has 0 unspecified atom stereocenters. The number of halogens is 1. The molecule has 0 radical (unpaired) electrons. The smallest absolute Gasteiger partial charge is 0.269 e. The highest BCUT2D eigenvalue weighted by Gasteiger charge is 2.05. The van der Waals surface area contributed by atoms with Crippen LogP contribution in [0.25, 0.3) is 0 Å². The van der Waals surface area contributed by atoms with Gasteiger partial charge >= 0.3 is 0 Å². The van der Waals surface area contributed by atoms with E-state index in [1.165, 1.54) is 12.1 Å². The van der Waals surface area contributed by atoms with Crippen LogP contribution in [0.3, 0.4) is 0 Å². The standard InChI is InChI=1S/C17H20FN3O/c1-2-3-10-19-17(22)16-9-8-15(12-21-16)20-11-13-4-6-14(18)7-5-13/h4-9,12,20H,2-3,10-11H2,1H3,(H,19,22). The highest BCUT2D eigenvalue weighted by Crippen LogP contribution is 2.09. The van der Waals surface area contributed by atoms with Crippen molar-refractivity contribution in [1.29, 1.82) is 0 Å². The summed E-state index contributed by atoms with van der Waals surface area (Å²) >= 11 is 0. The summed E-state index contributed by atoms with van der Waals surface area (Å²) < 4.78 is 12.8. The molecule has 1 heterocycles. The fourth-order valence-corrected chi connectivity index (χ4v) is 1.91. The number of pyridine rings is 1. The van der Waals surface area contributed by atoms with Gasteiger partial charge in [0.1, 0.15) is 11.5 Å². The lowest BCUT2D eigenvalue weighted by Crippen LogP contribution is -2.25. The molecule has 0 spiro atoms. The summed E-state index contributed by atoms with van der Waals surface area (Å²) in [7, 11) is 0. The average Bonchev–Trinajstić information content (AvgIpc) is 2.55. The summed E-state index contributed by atoms with van der Waals surface area (Å²) in [6.45, 7) is 3.32. The molecule has 1 amide bonds. The fraction of sp³-hybridized carbons (Fsp3) is 0.294. The average molecular weight is 301 g/mol. The topological polar surface area (TPSA) is 54.0 Å². The van der Waals surface area contributed by atoms with Crippen LogP contribution in [0, 0.1) is 5.82 Å². The second kappa shape index (κ2) is 8.12. The van der Waals surface area contributed by atoms with Crippen LogP contribution in [-0.4, -0.2) is 17.4 Å². The van der Waals surface area contributed by atoms with Crippen molar-refractivity contribution in [3.8, 4) is 0 Å². The van der Waals surface area contributed by atoms with Gasteiger partial charge in [0.2, 0.25) is 0 Å². The van der Waals surface area contributed by atoms with Crippen LogP contribution in [-0.2, 0) is 6.54 Å². The summed E-state index contributed by atoms with van der Waals surface area (Å²) in [5, 5.41) is 6.01. The van der Waals surface area contributed by atoms with E-state index < -0.39 is 0 Å². The molecule has 2 N–H and O–H groups in total. The number of hydrogen-bond acceptors (Lipinski definition) is 3. The van der Waals surface area contributed by atoms with Crippen molar-refractivity contribution in [1.82, 2.24) is 10.3 Å². The Morgan fingerprint density at radius 2 is 1.95 bits per heavy atom. The molecule has 0 bridgehead atoms. The number of anilines is 1. The van der Waals surface area contributed by atoms with Crippen LogP contribution in [0.2, 0.25) is 0 Å². The van der Waals surface area contributed by atoms with Gasteiger partial charge in [0.05, 0.1) is 11.9 Å². The number of carbonyl (C=O) groups is 1. The van der Waals surface area contributed by atoms with Crippen molar-refractivity contribution in [2.75, 3.05) is 11.9 Å². The van der Waals surface area contributed by atoms with Crippen LogP contribution in [0.4, 0.5) is 10.1 Å². The molecule has 0 saturated heterocycles. The van der Waals surface area contributed by atoms with E-state index in [9.17, 15) is 9.18 Å². The van der Waals surface area contributed by atoms with Gasteiger partial charge in [0, 0.05) is 13.1 Å². The van der Waals surface area contributed by atoms with Gasteiger partial charge in [-0.15, -0.1) is 0 Å². The van der Waals surface area contributed by atoms with Gasteiger partial charge < -0.3 is 10.6 Å². The molecule has 0 aliphatic rings. The van der Waals surface area contributed by atoms with Gasteiger partial charge in [-0.3, -0.25) is 4.79 Å². The highest BCUT2D eigenvalue weighted by molar-refractivity contribution is 5.92. The van der Waals surface area contributed by atoms with E-state index in [0.29, 0.717) is 18.8 Å². The van der Waals surface area contributed by atoms with E-state index in [-0.39, 0.29) is 11.7 Å². The molecule has 1 aromatic heterocycles. The van der Waals surface area contributed by atoms with Crippen LogP contribution in [0.5, 0.6) is 0 Å². The van der Waals surface area contributed by atoms with Crippen molar-refractivity contribution in [3.63, 3.8) is 0 Å². The Labute approximate surface area is 129 Å². The van der Waals surface area contributed by atoms with E-state index in [0.717, 1.165) is 24.1 Å². The molecule has 0 aliphatic carbocycles. The quantitative estimate of drug-likeness (QED) is 0.771. The molecule has 0 fully saturated rings. The number of unbranched alkanes of at least 4 members (excludes halogenated alkanes) is 1. The third-order valence-corrected chi connectivity index (χ3v) is 3.22. The molecule has 5 heteroatoms. The Hall–Kier alpha value is -2.43. The predicted octanol–water partition coefficient (Wildman–Crippen LogP) is 3.36. The van der Waals surface area contributed by atoms with Crippen molar-refractivity contribution >= 4 is 11.6 Å². The first-order valence-corrected chi connectivity index (χ1v) is 7.41. The Morgan fingerprint density at radius 1 is 1.18 bits per heavy atom. The second-order valence-electron chi connectivity index (χ2n) is 5.02. The van der Waals surface area contributed by atoms with Crippen LogP contribution in [0.1, 0.15) is 35.8 Å². The molecule has 0 aliphatic heterocycles. The Bertz CT molecular complexity index is 596.